The summed E-state index contributed by atoms with van der Waals surface area (Å²) in [6.07, 6.45) is 7.37. The van der Waals surface area contributed by atoms with Crippen LogP contribution < -0.4 is 0 Å². The van der Waals surface area contributed by atoms with Gasteiger partial charge in [0.1, 0.15) is 23.3 Å². The Morgan fingerprint density at radius 2 is 0.530 bits per heavy atom. The number of hydrogen-bond acceptors (Lipinski definition) is 10. The first-order valence-electron chi connectivity index (χ1n) is 32.0. The van der Waals surface area contributed by atoms with Gasteiger partial charge in [-0.2, -0.15) is 31.6 Å². The van der Waals surface area contributed by atoms with Crippen molar-refractivity contribution in [2.75, 3.05) is 0 Å². The van der Waals surface area contributed by atoms with Gasteiger partial charge >= 0.3 is 0 Å². The number of pyridine rings is 4. The summed E-state index contributed by atoms with van der Waals surface area (Å²) < 4.78 is 8.52. The van der Waals surface area contributed by atoms with Gasteiger partial charge in [-0.25, -0.2) is 9.97 Å². The van der Waals surface area contributed by atoms with Gasteiger partial charge in [-0.1, -0.05) is 109 Å². The standard InChI is InChI=1S/2C43H23N7/c44-23-27-6-5-7-30(18-27)32-8-1-2-9-33(32)31-21-42(48-43(22-31)50-38-11-4-3-10-34(38)35-16-17-47-26-41(35)50)49-39-14-12-28(24-45)19-36(39)37-20-29(25-46)13-15-40(37)49;44-23-27-9-13-30(14-10-27)32-5-1-2-6-33(32)31-21-42(48-43(22-31)50-38-8-4-3-7-34(38)35-17-18-47-26-41(35)50)49-39-15-11-28(24-45)19-36(39)37-20-29(25-46)12-16-40(37)49/h2*1-22,26H. The van der Waals surface area contributed by atoms with E-state index in [0.29, 0.717) is 56.7 Å². The smallest absolute Gasteiger partial charge is 0.140 e. The quantitative estimate of drug-likeness (QED) is 0.140. The molecule has 14 nitrogen and oxygen atoms in total. The Bertz CT molecular complexity index is 6510. The lowest BCUT2D eigenvalue weighted by molar-refractivity contribution is 1.01. The van der Waals surface area contributed by atoms with E-state index in [0.717, 1.165) is 132 Å². The SMILES string of the molecule is N#Cc1ccc(-c2ccccc2-c2cc(-n3c4ccc(C#N)cc4c4cc(C#N)ccc43)nc(-n3c4ccccc4c4ccncc43)c2)cc1.N#Cc1cccc(-c2ccccc2-c2cc(-n3c4ccc(C#N)cc4c4cc(C#N)ccc43)nc(-n3c4ccccc4c4ccncc43)c2)c1. The van der Waals surface area contributed by atoms with Gasteiger partial charge in [0.15, 0.2) is 0 Å². The third kappa shape index (κ3) is 9.75. The topological polar surface area (TPSA) is 214 Å². The minimum Gasteiger partial charge on any atom is -0.294 e. The molecule has 10 aromatic carbocycles. The number of hydrogen-bond donors (Lipinski definition) is 0. The fourth-order valence-corrected chi connectivity index (χ4v) is 14.2. The first-order valence-corrected chi connectivity index (χ1v) is 32.0. The average molecular weight is 1280 g/mol. The number of para-hydroxylation sites is 2. The average Bonchev–Trinajstić information content (AvgIpc) is 1.57. The Balaban J connectivity index is 0.000000150. The second-order valence-corrected chi connectivity index (χ2v) is 24.2. The lowest BCUT2D eigenvalue weighted by Gasteiger charge is -2.16. The zero-order valence-electron chi connectivity index (χ0n) is 52.8. The van der Waals surface area contributed by atoms with Crippen molar-refractivity contribution in [3.63, 3.8) is 0 Å². The molecule has 0 amide bonds. The Morgan fingerprint density at radius 1 is 0.220 bits per heavy atom. The molecule has 8 heterocycles. The molecule has 8 aromatic heterocycles. The maximum absolute atomic E-state index is 9.78. The molecule has 0 saturated carbocycles. The molecule has 0 spiro atoms. The van der Waals surface area contributed by atoms with Crippen LogP contribution in [-0.4, -0.2) is 38.2 Å². The van der Waals surface area contributed by atoms with Crippen LogP contribution in [0.2, 0.25) is 0 Å². The van der Waals surface area contributed by atoms with Crippen LogP contribution in [0.4, 0.5) is 0 Å². The monoisotopic (exact) mass is 1270 g/mol. The van der Waals surface area contributed by atoms with Crippen molar-refractivity contribution < 1.29 is 0 Å². The summed E-state index contributed by atoms with van der Waals surface area (Å²) in [7, 11) is 0. The van der Waals surface area contributed by atoms with Gasteiger partial charge in [-0.05, 0) is 190 Å². The van der Waals surface area contributed by atoms with Crippen molar-refractivity contribution in [1.82, 2.24) is 38.2 Å². The second kappa shape index (κ2) is 24.1. The van der Waals surface area contributed by atoms with E-state index >= 15 is 0 Å². The fourth-order valence-electron chi connectivity index (χ4n) is 14.2. The largest absolute Gasteiger partial charge is 0.294 e. The molecule has 0 aliphatic heterocycles. The van der Waals surface area contributed by atoms with Gasteiger partial charge in [0, 0.05) is 55.5 Å². The van der Waals surface area contributed by atoms with Crippen LogP contribution in [-0.2, 0) is 0 Å². The molecule has 18 aromatic rings. The minimum absolute atomic E-state index is 0.535. The number of aromatic nitrogens is 8. The van der Waals surface area contributed by atoms with Gasteiger partial charge in [0.05, 0.1) is 126 Å². The van der Waals surface area contributed by atoms with Crippen molar-refractivity contribution in [1.29, 1.82) is 31.6 Å². The molecule has 18 rings (SSSR count). The Hall–Kier alpha value is -15.1. The molecule has 14 heteroatoms. The molecule has 0 atom stereocenters. The van der Waals surface area contributed by atoms with E-state index in [1.807, 2.05) is 207 Å². The Labute approximate surface area is 571 Å². The molecular formula is C86H46N14. The lowest BCUT2D eigenvalue weighted by atomic mass is 9.94. The van der Waals surface area contributed by atoms with Gasteiger partial charge in [-0.15, -0.1) is 0 Å². The van der Waals surface area contributed by atoms with Gasteiger partial charge in [0.25, 0.3) is 0 Å². The molecular weight excluding hydrogens is 1230 g/mol. The summed E-state index contributed by atoms with van der Waals surface area (Å²) in [5.74, 6) is 2.76. The summed E-state index contributed by atoms with van der Waals surface area (Å²) in [5, 5.41) is 66.0. The molecule has 460 valence electrons. The minimum atomic E-state index is 0.535. The van der Waals surface area contributed by atoms with E-state index in [1.54, 1.807) is 0 Å². The van der Waals surface area contributed by atoms with Crippen molar-refractivity contribution in [2.24, 2.45) is 0 Å². The van der Waals surface area contributed by atoms with E-state index in [-0.39, 0.29) is 0 Å². The van der Waals surface area contributed by atoms with Crippen LogP contribution in [0.3, 0.4) is 0 Å². The molecule has 0 aliphatic rings. The van der Waals surface area contributed by atoms with Crippen LogP contribution in [0.25, 0.3) is 155 Å². The second-order valence-electron chi connectivity index (χ2n) is 24.2. The molecule has 0 fully saturated rings. The fraction of sp³-hybridized carbons (Fsp3) is 0. The van der Waals surface area contributed by atoms with Crippen molar-refractivity contribution >= 4 is 87.2 Å². The number of rotatable bonds is 8. The summed E-state index contributed by atoms with van der Waals surface area (Å²) in [4.78, 5) is 19.8. The third-order valence-electron chi connectivity index (χ3n) is 18.6. The highest BCUT2D eigenvalue weighted by Crippen LogP contribution is 2.42. The number of nitriles is 6. The van der Waals surface area contributed by atoms with Crippen LogP contribution in [0.15, 0.2) is 280 Å². The van der Waals surface area contributed by atoms with Crippen LogP contribution in [0.5, 0.6) is 0 Å². The zero-order valence-corrected chi connectivity index (χ0v) is 52.8. The predicted molar refractivity (Wildman–Crippen MR) is 391 cm³/mol. The van der Waals surface area contributed by atoms with Crippen molar-refractivity contribution in [3.05, 3.63) is 313 Å². The van der Waals surface area contributed by atoms with E-state index in [9.17, 15) is 31.6 Å². The maximum atomic E-state index is 9.78. The van der Waals surface area contributed by atoms with Crippen molar-refractivity contribution in [3.8, 4) is 104 Å². The summed E-state index contributed by atoms with van der Waals surface area (Å²) in [5.41, 5.74) is 18.4. The highest BCUT2D eigenvalue weighted by Gasteiger charge is 2.24. The van der Waals surface area contributed by atoms with E-state index in [1.165, 1.54) is 0 Å². The number of fused-ring (bicyclic) bond motifs is 12. The first-order chi connectivity index (χ1) is 49.3. The third-order valence-corrected chi connectivity index (χ3v) is 18.6. The van der Waals surface area contributed by atoms with E-state index in [2.05, 4.69) is 137 Å². The maximum Gasteiger partial charge on any atom is 0.140 e. The summed E-state index contributed by atoms with van der Waals surface area (Å²) in [6, 6.07) is 96.8. The summed E-state index contributed by atoms with van der Waals surface area (Å²) in [6.45, 7) is 0. The lowest BCUT2D eigenvalue weighted by Crippen LogP contribution is -2.05. The molecule has 0 radical (unpaired) electrons. The van der Waals surface area contributed by atoms with Gasteiger partial charge < -0.3 is 0 Å². The number of nitrogens with zero attached hydrogens (tertiary/aromatic N) is 14. The van der Waals surface area contributed by atoms with Crippen LogP contribution in [0, 0.1) is 68.0 Å². The normalized spacial score (nSPS) is 11.1. The van der Waals surface area contributed by atoms with Crippen LogP contribution >= 0.6 is 0 Å². The van der Waals surface area contributed by atoms with Crippen LogP contribution in [0.1, 0.15) is 33.4 Å². The first kappa shape index (κ1) is 58.7. The van der Waals surface area contributed by atoms with E-state index < -0.39 is 0 Å². The molecule has 100 heavy (non-hydrogen) atoms. The summed E-state index contributed by atoms with van der Waals surface area (Å²) >= 11 is 0. The molecule has 0 saturated heterocycles. The number of benzene rings is 10. The van der Waals surface area contributed by atoms with Gasteiger partial charge in [0.2, 0.25) is 0 Å². The molecule has 0 unspecified atom stereocenters. The molecule has 0 N–H and O–H groups in total. The molecule has 0 bridgehead atoms. The highest BCUT2D eigenvalue weighted by atomic mass is 15.2. The Morgan fingerprint density at radius 3 is 0.920 bits per heavy atom. The van der Waals surface area contributed by atoms with Crippen molar-refractivity contribution in [2.45, 2.75) is 0 Å². The van der Waals surface area contributed by atoms with E-state index in [4.69, 9.17) is 9.97 Å². The zero-order chi connectivity index (χ0) is 67.5. The molecule has 0 aliphatic carbocycles. The Kier molecular flexibility index (Phi) is 14.1. The highest BCUT2D eigenvalue weighted by molar-refractivity contribution is 6.13. The van der Waals surface area contributed by atoms with Gasteiger partial charge in [-0.3, -0.25) is 28.2 Å². The predicted octanol–water partition coefficient (Wildman–Crippen LogP) is 19.2.